The Balaban J connectivity index is 1.96. The van der Waals surface area contributed by atoms with Crippen LogP contribution in [0.5, 0.6) is 0 Å². The van der Waals surface area contributed by atoms with Crippen LogP contribution in [0.1, 0.15) is 32.1 Å². The predicted molar refractivity (Wildman–Crippen MR) is 58.2 cm³/mol. The molecule has 2 aliphatic carbocycles. The fourth-order valence-electron chi connectivity index (χ4n) is 3.93. The summed E-state index contributed by atoms with van der Waals surface area (Å²) in [6, 6.07) is 2.22. The van der Waals surface area contributed by atoms with Gasteiger partial charge in [-0.15, -0.1) is 0 Å². The van der Waals surface area contributed by atoms with E-state index in [0.29, 0.717) is 24.7 Å². The topological polar surface area (TPSA) is 76.4 Å². The van der Waals surface area contributed by atoms with E-state index in [2.05, 4.69) is 6.07 Å². The molecular formula is C11H15NO4S. The molecule has 2 atom stereocenters. The highest BCUT2D eigenvalue weighted by molar-refractivity contribution is 7.86. The summed E-state index contributed by atoms with van der Waals surface area (Å²) in [6.07, 6.45) is 4.74. The van der Waals surface area contributed by atoms with Gasteiger partial charge in [-0.25, -0.2) is 4.18 Å². The van der Waals surface area contributed by atoms with Crippen molar-refractivity contribution in [1.29, 1.82) is 5.26 Å². The first-order valence-corrected chi connectivity index (χ1v) is 7.67. The highest BCUT2D eigenvalue weighted by atomic mass is 32.2. The van der Waals surface area contributed by atoms with E-state index in [9.17, 15) is 13.7 Å². The maximum absolute atomic E-state index is 11.3. The van der Waals surface area contributed by atoms with Gasteiger partial charge in [0.1, 0.15) is 0 Å². The summed E-state index contributed by atoms with van der Waals surface area (Å²) in [4.78, 5) is 0. The van der Waals surface area contributed by atoms with Gasteiger partial charge in [0.15, 0.2) is 11.4 Å². The number of nitrogens with zero attached hydrogens (tertiary/aromatic N) is 1. The van der Waals surface area contributed by atoms with E-state index in [-0.39, 0.29) is 0 Å². The van der Waals surface area contributed by atoms with E-state index in [4.69, 9.17) is 8.92 Å². The van der Waals surface area contributed by atoms with Gasteiger partial charge in [0, 0.05) is 12.8 Å². The van der Waals surface area contributed by atoms with Crippen LogP contribution in [0.15, 0.2) is 0 Å². The summed E-state index contributed by atoms with van der Waals surface area (Å²) in [5, 5.41) is 9.26. The third-order valence-electron chi connectivity index (χ3n) is 3.99. The Hall–Kier alpha value is -0.640. The van der Waals surface area contributed by atoms with E-state index in [1.54, 1.807) is 0 Å². The number of hydrogen-bond acceptors (Lipinski definition) is 5. The van der Waals surface area contributed by atoms with Crippen molar-refractivity contribution in [2.24, 2.45) is 11.8 Å². The van der Waals surface area contributed by atoms with E-state index in [1.165, 1.54) is 0 Å². The molecule has 0 aromatic heterocycles. The predicted octanol–water partition coefficient (Wildman–Crippen LogP) is 1.16. The molecular weight excluding hydrogens is 242 g/mol. The van der Waals surface area contributed by atoms with Gasteiger partial charge in [0.25, 0.3) is 10.1 Å². The van der Waals surface area contributed by atoms with Crippen molar-refractivity contribution in [2.45, 2.75) is 43.5 Å². The van der Waals surface area contributed by atoms with Crippen molar-refractivity contribution in [3.05, 3.63) is 0 Å². The molecule has 2 saturated heterocycles. The Morgan fingerprint density at radius 3 is 2.35 bits per heavy atom. The van der Waals surface area contributed by atoms with Gasteiger partial charge in [0.2, 0.25) is 0 Å². The largest absolute Gasteiger partial charge is 0.327 e. The van der Waals surface area contributed by atoms with Gasteiger partial charge in [0.05, 0.1) is 12.3 Å². The maximum atomic E-state index is 11.3. The van der Waals surface area contributed by atoms with Crippen molar-refractivity contribution in [3.8, 4) is 6.07 Å². The molecule has 2 heterocycles. The molecule has 2 aliphatic heterocycles. The van der Waals surface area contributed by atoms with Gasteiger partial charge in [-0.05, 0) is 31.1 Å². The van der Waals surface area contributed by atoms with Gasteiger partial charge < -0.3 is 4.74 Å². The summed E-state index contributed by atoms with van der Waals surface area (Å²) in [6.45, 7) is 0. The van der Waals surface area contributed by atoms with Gasteiger partial charge in [-0.1, -0.05) is 0 Å². The van der Waals surface area contributed by atoms with E-state index in [1.807, 2.05) is 0 Å². The molecule has 6 heteroatoms. The van der Waals surface area contributed by atoms with Crippen LogP contribution in [-0.4, -0.2) is 26.1 Å². The van der Waals surface area contributed by atoms with Crippen LogP contribution >= 0.6 is 0 Å². The van der Waals surface area contributed by atoms with Crippen LogP contribution in [-0.2, 0) is 19.0 Å². The van der Waals surface area contributed by atoms with Crippen molar-refractivity contribution >= 4 is 10.1 Å². The van der Waals surface area contributed by atoms with Crippen molar-refractivity contribution < 1.29 is 17.3 Å². The molecule has 0 N–H and O–H groups in total. The number of hydrogen-bond donors (Lipinski definition) is 0. The fraction of sp³-hybridized carbons (Fsp3) is 0.909. The summed E-state index contributed by atoms with van der Waals surface area (Å²) >= 11 is 0. The lowest BCUT2D eigenvalue weighted by Gasteiger charge is -2.58. The second-order valence-corrected chi connectivity index (χ2v) is 7.27. The molecule has 2 saturated carbocycles. The van der Waals surface area contributed by atoms with E-state index in [0.717, 1.165) is 25.5 Å². The minimum atomic E-state index is -3.56. The monoisotopic (exact) mass is 257 g/mol. The Kier molecular flexibility index (Phi) is 2.17. The van der Waals surface area contributed by atoms with Crippen LogP contribution in [0.3, 0.4) is 0 Å². The molecule has 0 aromatic carbocycles. The molecule has 5 nitrogen and oxygen atoms in total. The minimum absolute atomic E-state index is 0.359. The van der Waals surface area contributed by atoms with Crippen LogP contribution in [0.4, 0.5) is 0 Å². The normalized spacial score (nSPS) is 48.0. The molecule has 4 rings (SSSR count). The Bertz CT molecular complexity index is 478. The zero-order valence-electron chi connectivity index (χ0n) is 9.68. The number of rotatable bonds is 2. The Labute approximate surface area is 101 Å². The average molecular weight is 257 g/mol. The summed E-state index contributed by atoms with van der Waals surface area (Å²) < 4.78 is 33.6. The van der Waals surface area contributed by atoms with Crippen molar-refractivity contribution in [3.63, 3.8) is 0 Å². The molecule has 0 amide bonds. The van der Waals surface area contributed by atoms with Gasteiger partial charge >= 0.3 is 0 Å². The molecule has 4 bridgehead atoms. The molecule has 0 spiro atoms. The molecule has 2 unspecified atom stereocenters. The first-order valence-electron chi connectivity index (χ1n) is 5.86. The molecule has 4 aliphatic rings. The average Bonchev–Trinajstić information content (AvgIpc) is 2.11. The SMILES string of the molecule is CS(=O)(=O)OC12CC3CC(CC(C#N)(C3)O1)C2. The van der Waals surface area contributed by atoms with Crippen LogP contribution in [0.25, 0.3) is 0 Å². The molecule has 94 valence electrons. The van der Waals surface area contributed by atoms with Gasteiger partial charge in [-0.2, -0.15) is 13.7 Å². The summed E-state index contributed by atoms with van der Waals surface area (Å²) in [5.41, 5.74) is -0.811. The first kappa shape index (κ1) is 11.5. The maximum Gasteiger partial charge on any atom is 0.267 e. The lowest BCUT2D eigenvalue weighted by atomic mass is 9.61. The summed E-state index contributed by atoms with van der Waals surface area (Å²) in [5.74, 6) is -0.344. The zero-order chi connectivity index (χ0) is 12.3. The third kappa shape index (κ3) is 1.86. The highest BCUT2D eigenvalue weighted by Crippen LogP contribution is 2.58. The van der Waals surface area contributed by atoms with Gasteiger partial charge in [-0.3, -0.25) is 0 Å². The Morgan fingerprint density at radius 1 is 1.29 bits per heavy atom. The van der Waals surface area contributed by atoms with Crippen LogP contribution in [0, 0.1) is 23.2 Å². The van der Waals surface area contributed by atoms with Crippen LogP contribution in [0.2, 0.25) is 0 Å². The number of nitriles is 1. The lowest BCUT2D eigenvalue weighted by Crippen LogP contribution is -2.62. The third-order valence-corrected chi connectivity index (χ3v) is 4.60. The summed E-state index contributed by atoms with van der Waals surface area (Å²) in [7, 11) is -3.56. The van der Waals surface area contributed by atoms with Crippen molar-refractivity contribution in [1.82, 2.24) is 0 Å². The standard InChI is InChI=1S/C11H15NO4S/c1-17(13,14)16-11-5-8-2-9(6-11)4-10(3-8,7-12)15-11/h8-9H,2-6H2,1H3. The molecule has 0 radical (unpaired) electrons. The van der Waals surface area contributed by atoms with Crippen LogP contribution < -0.4 is 0 Å². The molecule has 17 heavy (non-hydrogen) atoms. The van der Waals surface area contributed by atoms with Crippen molar-refractivity contribution in [2.75, 3.05) is 6.26 Å². The first-order chi connectivity index (χ1) is 7.84. The van der Waals surface area contributed by atoms with E-state index >= 15 is 0 Å². The lowest BCUT2D eigenvalue weighted by molar-refractivity contribution is -0.325. The fourth-order valence-corrected chi connectivity index (χ4v) is 4.65. The minimum Gasteiger partial charge on any atom is -0.327 e. The smallest absolute Gasteiger partial charge is 0.267 e. The number of ether oxygens (including phenoxy) is 1. The highest BCUT2D eigenvalue weighted by Gasteiger charge is 2.61. The second kappa shape index (κ2) is 3.22. The second-order valence-electron chi connectivity index (χ2n) is 5.69. The quantitative estimate of drug-likeness (QED) is 0.694. The molecule has 4 fully saturated rings. The van der Waals surface area contributed by atoms with E-state index < -0.39 is 21.5 Å². The molecule has 0 aromatic rings. The Morgan fingerprint density at radius 2 is 1.88 bits per heavy atom. The zero-order valence-corrected chi connectivity index (χ0v) is 10.5.